The van der Waals surface area contributed by atoms with Gasteiger partial charge in [0.2, 0.25) is 0 Å². The van der Waals surface area contributed by atoms with Crippen molar-refractivity contribution in [3.63, 3.8) is 0 Å². The lowest BCUT2D eigenvalue weighted by molar-refractivity contribution is -0.145. The van der Waals surface area contributed by atoms with Crippen molar-refractivity contribution in [1.82, 2.24) is 5.32 Å². The van der Waals surface area contributed by atoms with Crippen LogP contribution in [0.15, 0.2) is 0 Å². The molecule has 0 aliphatic rings. The van der Waals surface area contributed by atoms with Gasteiger partial charge in [-0.15, -0.1) is 0 Å². The summed E-state index contributed by atoms with van der Waals surface area (Å²) in [4.78, 5) is 11.1. The lowest BCUT2D eigenvalue weighted by Gasteiger charge is -2.12. The third-order valence-electron chi connectivity index (χ3n) is 1.98. The van der Waals surface area contributed by atoms with Crippen molar-refractivity contribution in [3.8, 4) is 0 Å². The van der Waals surface area contributed by atoms with Crippen LogP contribution in [0.1, 0.15) is 33.1 Å². The molecule has 3 nitrogen and oxygen atoms in total. The van der Waals surface area contributed by atoms with E-state index in [9.17, 15) is 18.0 Å². The van der Waals surface area contributed by atoms with E-state index < -0.39 is 18.6 Å². The first-order valence-corrected chi connectivity index (χ1v) is 5.33. The van der Waals surface area contributed by atoms with Gasteiger partial charge in [-0.25, -0.2) is 0 Å². The van der Waals surface area contributed by atoms with Gasteiger partial charge in [-0.05, 0) is 33.2 Å². The molecule has 0 fully saturated rings. The SMILES string of the molecule is CCOC(=O)C(C)NCCCCC(F)(F)F. The number of carbonyl (C=O) groups is 1. The van der Waals surface area contributed by atoms with Gasteiger partial charge in [-0.1, -0.05) is 0 Å². The van der Waals surface area contributed by atoms with Crippen molar-refractivity contribution in [2.45, 2.75) is 45.3 Å². The number of nitrogens with one attached hydrogen (secondary N) is 1. The first kappa shape index (κ1) is 15.2. The maximum absolute atomic E-state index is 11.8. The first-order valence-electron chi connectivity index (χ1n) is 5.33. The molecule has 0 aliphatic carbocycles. The third kappa shape index (κ3) is 8.52. The zero-order valence-electron chi connectivity index (χ0n) is 9.56. The molecule has 16 heavy (non-hydrogen) atoms. The predicted molar refractivity (Wildman–Crippen MR) is 54.0 cm³/mol. The molecule has 0 aromatic rings. The van der Waals surface area contributed by atoms with E-state index in [1.807, 2.05) is 0 Å². The second-order valence-corrected chi connectivity index (χ2v) is 3.50. The van der Waals surface area contributed by atoms with Crippen LogP contribution in [0.3, 0.4) is 0 Å². The minimum atomic E-state index is -4.09. The number of alkyl halides is 3. The van der Waals surface area contributed by atoms with Gasteiger partial charge in [-0.3, -0.25) is 4.79 Å². The lowest BCUT2D eigenvalue weighted by Crippen LogP contribution is -2.36. The van der Waals surface area contributed by atoms with Crippen LogP contribution in [0.4, 0.5) is 13.2 Å². The number of hydrogen-bond donors (Lipinski definition) is 1. The van der Waals surface area contributed by atoms with Crippen molar-refractivity contribution < 1.29 is 22.7 Å². The van der Waals surface area contributed by atoms with Crippen LogP contribution in [-0.2, 0) is 9.53 Å². The van der Waals surface area contributed by atoms with Crippen LogP contribution in [0.2, 0.25) is 0 Å². The topological polar surface area (TPSA) is 38.3 Å². The Hall–Kier alpha value is -0.780. The summed E-state index contributed by atoms with van der Waals surface area (Å²) in [5.41, 5.74) is 0. The molecule has 0 aromatic heterocycles. The molecule has 0 amide bonds. The molecule has 96 valence electrons. The molecule has 1 N–H and O–H groups in total. The van der Waals surface area contributed by atoms with Crippen molar-refractivity contribution in [2.24, 2.45) is 0 Å². The fraction of sp³-hybridized carbons (Fsp3) is 0.900. The smallest absolute Gasteiger partial charge is 0.389 e. The summed E-state index contributed by atoms with van der Waals surface area (Å²) in [5.74, 6) is -0.377. The highest BCUT2D eigenvalue weighted by Gasteiger charge is 2.25. The van der Waals surface area contributed by atoms with Crippen LogP contribution in [0, 0.1) is 0 Å². The monoisotopic (exact) mass is 241 g/mol. The molecule has 1 unspecified atom stereocenters. The summed E-state index contributed by atoms with van der Waals surface area (Å²) < 4.78 is 40.1. The van der Waals surface area contributed by atoms with E-state index in [0.717, 1.165) is 0 Å². The van der Waals surface area contributed by atoms with Crippen molar-refractivity contribution in [3.05, 3.63) is 0 Å². The number of carbonyl (C=O) groups excluding carboxylic acids is 1. The molecule has 0 rings (SSSR count). The molecule has 6 heteroatoms. The summed E-state index contributed by atoms with van der Waals surface area (Å²) >= 11 is 0. The largest absolute Gasteiger partial charge is 0.465 e. The van der Waals surface area contributed by atoms with E-state index in [0.29, 0.717) is 19.6 Å². The number of esters is 1. The van der Waals surface area contributed by atoms with E-state index in [4.69, 9.17) is 4.74 Å². The molecular weight excluding hydrogens is 223 g/mol. The Morgan fingerprint density at radius 1 is 1.38 bits per heavy atom. The predicted octanol–water partition coefficient (Wildman–Crippen LogP) is 2.26. The zero-order valence-corrected chi connectivity index (χ0v) is 9.56. The summed E-state index contributed by atoms with van der Waals surface area (Å²) in [7, 11) is 0. The van der Waals surface area contributed by atoms with Gasteiger partial charge in [0.1, 0.15) is 6.04 Å². The summed E-state index contributed by atoms with van der Waals surface area (Å²) in [6.07, 6.45) is -4.40. The van der Waals surface area contributed by atoms with Crippen molar-refractivity contribution >= 4 is 5.97 Å². The molecule has 0 bridgehead atoms. The molecule has 0 radical (unpaired) electrons. The van der Waals surface area contributed by atoms with Gasteiger partial charge in [0.05, 0.1) is 6.61 Å². The fourth-order valence-corrected chi connectivity index (χ4v) is 1.12. The van der Waals surface area contributed by atoms with E-state index in [1.165, 1.54) is 0 Å². The number of ether oxygens (including phenoxy) is 1. The summed E-state index contributed by atoms with van der Waals surface area (Å²) in [6.45, 7) is 4.02. The quantitative estimate of drug-likeness (QED) is 0.549. The normalized spacial score (nSPS) is 13.6. The molecule has 0 saturated heterocycles. The number of rotatable bonds is 7. The second kappa shape index (κ2) is 7.49. The Morgan fingerprint density at radius 3 is 2.50 bits per heavy atom. The third-order valence-corrected chi connectivity index (χ3v) is 1.98. The van der Waals surface area contributed by atoms with E-state index in [1.54, 1.807) is 13.8 Å². The van der Waals surface area contributed by atoms with E-state index >= 15 is 0 Å². The molecule has 0 heterocycles. The highest BCUT2D eigenvalue weighted by Crippen LogP contribution is 2.21. The van der Waals surface area contributed by atoms with Gasteiger partial charge in [0.15, 0.2) is 0 Å². The Morgan fingerprint density at radius 2 is 2.00 bits per heavy atom. The molecule has 0 saturated carbocycles. The van der Waals surface area contributed by atoms with E-state index in [2.05, 4.69) is 5.32 Å². The van der Waals surface area contributed by atoms with Crippen molar-refractivity contribution in [2.75, 3.05) is 13.2 Å². The lowest BCUT2D eigenvalue weighted by atomic mass is 10.2. The highest BCUT2D eigenvalue weighted by molar-refractivity contribution is 5.75. The van der Waals surface area contributed by atoms with Crippen LogP contribution < -0.4 is 5.32 Å². The zero-order chi connectivity index (χ0) is 12.6. The molecule has 0 spiro atoms. The molecule has 1 atom stereocenters. The van der Waals surface area contributed by atoms with Crippen LogP contribution in [0.5, 0.6) is 0 Å². The number of halogens is 3. The first-order chi connectivity index (χ1) is 7.37. The van der Waals surface area contributed by atoms with Crippen LogP contribution >= 0.6 is 0 Å². The van der Waals surface area contributed by atoms with Gasteiger partial charge in [0, 0.05) is 6.42 Å². The molecule has 0 aromatic carbocycles. The standard InChI is InChI=1S/C10H18F3NO2/c1-3-16-9(15)8(2)14-7-5-4-6-10(11,12)13/h8,14H,3-7H2,1-2H3. The van der Waals surface area contributed by atoms with Crippen LogP contribution in [0.25, 0.3) is 0 Å². The molecular formula is C10H18F3NO2. The average molecular weight is 241 g/mol. The average Bonchev–Trinajstić information content (AvgIpc) is 2.15. The van der Waals surface area contributed by atoms with Gasteiger partial charge < -0.3 is 10.1 Å². The Labute approximate surface area is 93.3 Å². The highest BCUT2D eigenvalue weighted by atomic mass is 19.4. The Kier molecular flexibility index (Phi) is 7.12. The Bertz CT molecular complexity index is 207. The Balaban J connectivity index is 3.48. The summed E-state index contributed by atoms with van der Waals surface area (Å²) in [5, 5.41) is 2.81. The molecule has 0 aliphatic heterocycles. The summed E-state index contributed by atoms with van der Waals surface area (Å²) in [6, 6.07) is -0.467. The van der Waals surface area contributed by atoms with Crippen molar-refractivity contribution in [1.29, 1.82) is 0 Å². The number of hydrogen-bond acceptors (Lipinski definition) is 3. The number of unbranched alkanes of at least 4 members (excludes halogenated alkanes) is 1. The van der Waals surface area contributed by atoms with Gasteiger partial charge in [0.25, 0.3) is 0 Å². The minimum absolute atomic E-state index is 0.0754. The van der Waals surface area contributed by atoms with Crippen LogP contribution in [-0.4, -0.2) is 31.3 Å². The maximum atomic E-state index is 11.8. The minimum Gasteiger partial charge on any atom is -0.465 e. The van der Waals surface area contributed by atoms with Gasteiger partial charge >= 0.3 is 12.1 Å². The van der Waals surface area contributed by atoms with E-state index in [-0.39, 0.29) is 12.4 Å². The fourth-order valence-electron chi connectivity index (χ4n) is 1.12. The second-order valence-electron chi connectivity index (χ2n) is 3.50. The maximum Gasteiger partial charge on any atom is 0.389 e. The van der Waals surface area contributed by atoms with Gasteiger partial charge in [-0.2, -0.15) is 13.2 Å².